The van der Waals surface area contributed by atoms with Gasteiger partial charge in [-0.15, -0.1) is 0 Å². The third-order valence-corrected chi connectivity index (χ3v) is 10.4. The second-order valence-electron chi connectivity index (χ2n) is 15.0. The molecule has 2 aromatic carbocycles. The first-order valence-electron chi connectivity index (χ1n) is 19.6. The van der Waals surface area contributed by atoms with Gasteiger partial charge in [0, 0.05) is 24.8 Å². The van der Waals surface area contributed by atoms with Gasteiger partial charge in [-0.05, 0) is 60.8 Å². The third kappa shape index (κ3) is 12.8. The molecule has 5 N–H and O–H groups in total. The number of amides is 3. The molecule has 0 bridgehead atoms. The minimum absolute atomic E-state index is 0.0482. The van der Waals surface area contributed by atoms with Gasteiger partial charge in [-0.3, -0.25) is 9.78 Å². The molecule has 3 amide bonds. The van der Waals surface area contributed by atoms with E-state index in [0.29, 0.717) is 25.5 Å². The van der Waals surface area contributed by atoms with Crippen LogP contribution in [0, 0.1) is 17.8 Å². The lowest BCUT2D eigenvalue weighted by Gasteiger charge is -2.33. The fraction of sp³-hybridized carbons (Fsp3) is 0.524. The summed E-state index contributed by atoms with van der Waals surface area (Å²) in [5.41, 5.74) is 6.66. The first kappa shape index (κ1) is 41.8. The Morgan fingerprint density at radius 3 is 2.44 bits per heavy atom. The molecule has 3 aromatic rings. The average Bonchev–Trinajstić information content (AvgIpc) is 3.80. The summed E-state index contributed by atoms with van der Waals surface area (Å²) in [5.74, 6) is 0.136. The number of fused-ring (bicyclic) bond motifs is 1. The summed E-state index contributed by atoms with van der Waals surface area (Å²) in [6, 6.07) is 21.0. The van der Waals surface area contributed by atoms with Crippen LogP contribution in [-0.4, -0.2) is 90.0 Å². The van der Waals surface area contributed by atoms with Gasteiger partial charge in [-0.2, -0.15) is 0 Å². The van der Waals surface area contributed by atoms with Crippen LogP contribution in [0.5, 0.6) is 0 Å². The molecule has 13 nitrogen and oxygen atoms in total. The number of aliphatic hydroxyl groups excluding tert-OH is 1. The van der Waals surface area contributed by atoms with Crippen molar-refractivity contribution in [3.8, 4) is 11.3 Å². The van der Waals surface area contributed by atoms with Gasteiger partial charge >= 0.3 is 12.1 Å². The summed E-state index contributed by atoms with van der Waals surface area (Å²) >= 11 is 0. The molecule has 2 unspecified atom stereocenters. The van der Waals surface area contributed by atoms with E-state index in [9.17, 15) is 19.5 Å². The number of aliphatic hydroxyl groups is 1. The predicted octanol–water partition coefficient (Wildman–Crippen LogP) is 5.19. The average molecular weight is 759 g/mol. The summed E-state index contributed by atoms with van der Waals surface area (Å²) in [6.45, 7) is 9.69. The standard InChI is InChI=1S/C42H58N6O7/c1-5-6-20-44-41(51)45-36(23-29(4)28(2)3)39(50)47-48(25-31-15-17-32(18-16-31)34-14-10-11-21-43-34)26-37(49)35(24-30-12-8-7-9-13-30)46-42(52)55-38-27-54-40-33(38)19-22-53-40/h7-18,21,28-29,33,35-36,38-40,47,50H,5-6,19-20,22-27H2,1-4H3,(H,46,52)(H2,44,45,51)/t29?,33-,35-,36-,38-,39?,40+/m0/s1. The fourth-order valence-electron chi connectivity index (χ4n) is 6.75. The van der Waals surface area contributed by atoms with Gasteiger partial charge in [0.1, 0.15) is 12.3 Å². The van der Waals surface area contributed by atoms with E-state index in [1.54, 1.807) is 11.2 Å². The zero-order chi connectivity index (χ0) is 39.2. The molecule has 55 heavy (non-hydrogen) atoms. The molecule has 2 saturated heterocycles. The van der Waals surface area contributed by atoms with Gasteiger partial charge in [0.2, 0.25) is 0 Å². The fourth-order valence-corrected chi connectivity index (χ4v) is 6.75. The van der Waals surface area contributed by atoms with Crippen molar-refractivity contribution in [2.45, 2.75) is 97.0 Å². The monoisotopic (exact) mass is 758 g/mol. The molecule has 0 spiro atoms. The maximum absolute atomic E-state index is 14.3. The Bertz CT molecular complexity index is 1630. The number of hydrogen-bond donors (Lipinski definition) is 5. The molecule has 5 rings (SSSR count). The van der Waals surface area contributed by atoms with Crippen LogP contribution in [0.4, 0.5) is 9.59 Å². The van der Waals surface area contributed by atoms with E-state index >= 15 is 0 Å². The summed E-state index contributed by atoms with van der Waals surface area (Å²) in [7, 11) is 0. The maximum Gasteiger partial charge on any atom is 0.408 e. The smallest absolute Gasteiger partial charge is 0.408 e. The largest absolute Gasteiger partial charge is 0.443 e. The highest BCUT2D eigenvalue weighted by Gasteiger charge is 2.44. The van der Waals surface area contributed by atoms with E-state index in [1.165, 1.54) is 0 Å². The molecule has 2 fully saturated rings. The highest BCUT2D eigenvalue weighted by molar-refractivity contribution is 5.89. The summed E-state index contributed by atoms with van der Waals surface area (Å²) < 4.78 is 17.0. The Labute approximate surface area is 324 Å². The van der Waals surface area contributed by atoms with Crippen LogP contribution in [0.15, 0.2) is 79.0 Å². The number of pyridine rings is 1. The van der Waals surface area contributed by atoms with Crippen LogP contribution in [-0.2, 0) is 32.0 Å². The number of carbonyl (C=O) groups is 3. The Balaban J connectivity index is 1.35. The van der Waals surface area contributed by atoms with E-state index in [1.807, 2.05) is 72.8 Å². The van der Waals surface area contributed by atoms with Gasteiger partial charge in [-0.1, -0.05) is 94.8 Å². The normalized spacial score (nSPS) is 20.0. The summed E-state index contributed by atoms with van der Waals surface area (Å²) in [5, 5.41) is 22.1. The molecule has 0 saturated carbocycles. The minimum atomic E-state index is -1.24. The van der Waals surface area contributed by atoms with E-state index in [4.69, 9.17) is 14.2 Å². The van der Waals surface area contributed by atoms with Crippen LogP contribution in [0.2, 0.25) is 0 Å². The number of alkyl carbamates (subject to hydrolysis) is 1. The Morgan fingerprint density at radius 2 is 1.73 bits per heavy atom. The number of urea groups is 1. The molecular weight excluding hydrogens is 700 g/mol. The van der Waals surface area contributed by atoms with Crippen LogP contribution in [0.1, 0.15) is 64.5 Å². The number of Topliss-reactive ketones (excluding diaryl/α,β-unsaturated/α-hetero) is 1. The molecular formula is C42H58N6O7. The minimum Gasteiger partial charge on any atom is -0.443 e. The molecule has 2 aliphatic heterocycles. The van der Waals surface area contributed by atoms with Crippen molar-refractivity contribution >= 4 is 17.9 Å². The zero-order valence-electron chi connectivity index (χ0n) is 32.5. The van der Waals surface area contributed by atoms with Crippen molar-refractivity contribution < 1.29 is 33.7 Å². The van der Waals surface area contributed by atoms with E-state index < -0.39 is 30.5 Å². The number of ether oxygens (including phenoxy) is 3. The highest BCUT2D eigenvalue weighted by Crippen LogP contribution is 2.33. The number of ketones is 1. The molecule has 0 radical (unpaired) electrons. The zero-order valence-corrected chi connectivity index (χ0v) is 32.5. The second-order valence-corrected chi connectivity index (χ2v) is 15.0. The quantitative estimate of drug-likeness (QED) is 0.0589. The van der Waals surface area contributed by atoms with E-state index in [2.05, 4.69) is 54.1 Å². The molecule has 7 atom stereocenters. The van der Waals surface area contributed by atoms with Crippen LogP contribution >= 0.6 is 0 Å². The van der Waals surface area contributed by atoms with Crippen molar-refractivity contribution in [1.29, 1.82) is 0 Å². The number of aromatic nitrogens is 1. The number of unbranched alkanes of at least 4 members (excludes halogenated alkanes) is 1. The van der Waals surface area contributed by atoms with E-state index in [0.717, 1.165) is 41.6 Å². The highest BCUT2D eigenvalue weighted by atomic mass is 16.7. The molecule has 2 aliphatic rings. The number of carbonyl (C=O) groups excluding carboxylic acids is 3. The van der Waals surface area contributed by atoms with Crippen molar-refractivity contribution in [2.75, 3.05) is 26.3 Å². The molecule has 3 heterocycles. The lowest BCUT2D eigenvalue weighted by atomic mass is 9.90. The Hall–Kier alpha value is -4.40. The van der Waals surface area contributed by atoms with Gasteiger partial charge in [0.15, 0.2) is 12.1 Å². The predicted molar refractivity (Wildman–Crippen MR) is 209 cm³/mol. The van der Waals surface area contributed by atoms with Gasteiger partial charge < -0.3 is 35.3 Å². The molecule has 298 valence electrons. The Morgan fingerprint density at radius 1 is 0.964 bits per heavy atom. The van der Waals surface area contributed by atoms with Gasteiger partial charge in [-0.25, -0.2) is 20.0 Å². The number of nitrogens with one attached hydrogen (secondary N) is 4. The number of benzene rings is 2. The van der Waals surface area contributed by atoms with Crippen LogP contribution < -0.4 is 21.4 Å². The number of nitrogens with zero attached hydrogens (tertiary/aromatic N) is 2. The van der Waals surface area contributed by atoms with Crippen LogP contribution in [0.25, 0.3) is 11.3 Å². The number of hydrogen-bond acceptors (Lipinski definition) is 10. The summed E-state index contributed by atoms with van der Waals surface area (Å²) in [6.07, 6.45) is 2.17. The Kier molecular flexibility index (Phi) is 16.0. The van der Waals surface area contributed by atoms with Crippen molar-refractivity contribution in [3.63, 3.8) is 0 Å². The second kappa shape index (κ2) is 21.1. The number of rotatable bonds is 20. The first-order chi connectivity index (χ1) is 26.6. The molecule has 0 aliphatic carbocycles. The first-order valence-corrected chi connectivity index (χ1v) is 19.6. The SMILES string of the molecule is CCCCNC(=O)N[C@@H](CC(C)C(C)C)C(O)NN(CC(=O)[C@H](Cc1ccccc1)NC(=O)O[C@H]1CO[C@H]2OCC[C@H]21)Cc1ccc(-c2ccccn2)cc1. The lowest BCUT2D eigenvalue weighted by Crippen LogP contribution is -2.59. The van der Waals surface area contributed by atoms with Crippen molar-refractivity contribution in [3.05, 3.63) is 90.1 Å². The van der Waals surface area contributed by atoms with Gasteiger partial charge in [0.25, 0.3) is 0 Å². The van der Waals surface area contributed by atoms with E-state index in [-0.39, 0.29) is 56.1 Å². The third-order valence-electron chi connectivity index (χ3n) is 10.4. The lowest BCUT2D eigenvalue weighted by molar-refractivity contribution is -0.124. The summed E-state index contributed by atoms with van der Waals surface area (Å²) in [4.78, 5) is 45.0. The maximum atomic E-state index is 14.3. The topological polar surface area (TPSA) is 163 Å². The number of hydrazine groups is 1. The van der Waals surface area contributed by atoms with Crippen molar-refractivity contribution in [1.82, 2.24) is 31.4 Å². The molecule has 1 aromatic heterocycles. The van der Waals surface area contributed by atoms with Gasteiger partial charge in [0.05, 0.1) is 43.5 Å². The molecule has 13 heteroatoms. The van der Waals surface area contributed by atoms with Crippen molar-refractivity contribution in [2.24, 2.45) is 17.8 Å². The van der Waals surface area contributed by atoms with Crippen LogP contribution in [0.3, 0.4) is 0 Å².